The normalized spacial score (nSPS) is 24.1. The summed E-state index contributed by atoms with van der Waals surface area (Å²) < 4.78 is 28.4. The van der Waals surface area contributed by atoms with E-state index < -0.39 is 9.84 Å². The Morgan fingerprint density at radius 3 is 2.74 bits per heavy atom. The van der Waals surface area contributed by atoms with Crippen LogP contribution in [-0.4, -0.2) is 33.4 Å². The Labute approximate surface area is 114 Å². The molecule has 3 N–H and O–H groups in total. The first-order chi connectivity index (χ1) is 8.86. The molecule has 0 saturated carbocycles. The number of anilines is 2. The highest BCUT2D eigenvalue weighted by Gasteiger charge is 2.20. The highest BCUT2D eigenvalue weighted by atomic mass is 32.2. The van der Waals surface area contributed by atoms with E-state index in [1.54, 1.807) is 12.1 Å². The van der Waals surface area contributed by atoms with Crippen LogP contribution in [0.1, 0.15) is 19.8 Å². The van der Waals surface area contributed by atoms with Gasteiger partial charge in [-0.25, -0.2) is 8.42 Å². The molecule has 1 saturated heterocycles. The second kappa shape index (κ2) is 5.38. The molecule has 5 nitrogen and oxygen atoms in total. The molecule has 1 aromatic carbocycles. The SMILES string of the molecule is CC1CC(Nc2ccc(S(C)(=O)=O)cc2N)CCO1. The number of ether oxygens (including phenoxy) is 1. The van der Waals surface area contributed by atoms with E-state index in [0.717, 1.165) is 25.1 Å². The van der Waals surface area contributed by atoms with Gasteiger partial charge in [-0.15, -0.1) is 0 Å². The first kappa shape index (κ1) is 14.1. The molecular weight excluding hydrogens is 264 g/mol. The second-order valence-electron chi connectivity index (χ2n) is 5.07. The third-order valence-electron chi connectivity index (χ3n) is 3.30. The van der Waals surface area contributed by atoms with Crippen LogP contribution in [-0.2, 0) is 14.6 Å². The fourth-order valence-electron chi connectivity index (χ4n) is 2.25. The summed E-state index contributed by atoms with van der Waals surface area (Å²) in [5.41, 5.74) is 7.16. The molecule has 1 aliphatic heterocycles. The lowest BCUT2D eigenvalue weighted by Gasteiger charge is -2.29. The molecule has 1 aromatic rings. The van der Waals surface area contributed by atoms with Crippen molar-refractivity contribution in [3.8, 4) is 0 Å². The zero-order valence-electron chi connectivity index (χ0n) is 11.2. The van der Waals surface area contributed by atoms with E-state index in [9.17, 15) is 8.42 Å². The zero-order chi connectivity index (χ0) is 14.0. The van der Waals surface area contributed by atoms with Crippen LogP contribution in [0.15, 0.2) is 23.1 Å². The maximum atomic E-state index is 11.4. The molecular formula is C13H20N2O3S. The van der Waals surface area contributed by atoms with Crippen molar-refractivity contribution in [2.75, 3.05) is 23.9 Å². The minimum absolute atomic E-state index is 0.239. The molecule has 6 heteroatoms. The third kappa shape index (κ3) is 3.61. The van der Waals surface area contributed by atoms with Gasteiger partial charge in [0.25, 0.3) is 0 Å². The summed E-state index contributed by atoms with van der Waals surface area (Å²) in [6, 6.07) is 5.12. The summed E-state index contributed by atoms with van der Waals surface area (Å²) in [5, 5.41) is 3.36. The summed E-state index contributed by atoms with van der Waals surface area (Å²) in [5.74, 6) is 0. The molecule has 1 fully saturated rings. The maximum absolute atomic E-state index is 11.4. The van der Waals surface area contributed by atoms with E-state index in [1.165, 1.54) is 12.3 Å². The van der Waals surface area contributed by atoms with Gasteiger partial charge < -0.3 is 15.8 Å². The van der Waals surface area contributed by atoms with E-state index >= 15 is 0 Å². The summed E-state index contributed by atoms with van der Waals surface area (Å²) in [6.45, 7) is 2.78. The van der Waals surface area contributed by atoms with Gasteiger partial charge in [0.2, 0.25) is 0 Å². The number of hydrogen-bond donors (Lipinski definition) is 2. The molecule has 106 valence electrons. The average molecular weight is 284 g/mol. The van der Waals surface area contributed by atoms with Gasteiger partial charge in [0.15, 0.2) is 9.84 Å². The van der Waals surface area contributed by atoms with Crippen LogP contribution in [0.4, 0.5) is 11.4 Å². The van der Waals surface area contributed by atoms with Crippen LogP contribution in [0, 0.1) is 0 Å². The number of nitrogens with two attached hydrogens (primary N) is 1. The monoisotopic (exact) mass is 284 g/mol. The first-order valence-electron chi connectivity index (χ1n) is 6.34. The van der Waals surface area contributed by atoms with E-state index in [-0.39, 0.29) is 11.0 Å². The van der Waals surface area contributed by atoms with Crippen LogP contribution in [0.5, 0.6) is 0 Å². The number of sulfone groups is 1. The van der Waals surface area contributed by atoms with Crippen molar-refractivity contribution in [2.45, 2.75) is 36.8 Å². The van der Waals surface area contributed by atoms with Crippen LogP contribution >= 0.6 is 0 Å². The number of nitrogens with one attached hydrogen (secondary N) is 1. The van der Waals surface area contributed by atoms with Gasteiger partial charge >= 0.3 is 0 Å². The Kier molecular flexibility index (Phi) is 4.01. The van der Waals surface area contributed by atoms with Crippen LogP contribution in [0.25, 0.3) is 0 Å². The molecule has 2 atom stereocenters. The Bertz CT molecular complexity index is 557. The van der Waals surface area contributed by atoms with Crippen molar-refractivity contribution in [3.63, 3.8) is 0 Å². The fraction of sp³-hybridized carbons (Fsp3) is 0.538. The molecule has 2 unspecified atom stereocenters. The maximum Gasteiger partial charge on any atom is 0.175 e. The smallest absolute Gasteiger partial charge is 0.175 e. The second-order valence-corrected chi connectivity index (χ2v) is 7.08. The van der Waals surface area contributed by atoms with Gasteiger partial charge in [0, 0.05) is 18.9 Å². The zero-order valence-corrected chi connectivity index (χ0v) is 12.0. The molecule has 2 rings (SSSR count). The Morgan fingerprint density at radius 2 is 2.16 bits per heavy atom. The van der Waals surface area contributed by atoms with Gasteiger partial charge in [-0.3, -0.25) is 0 Å². The fourth-order valence-corrected chi connectivity index (χ4v) is 2.91. The van der Waals surface area contributed by atoms with Crippen molar-refractivity contribution >= 4 is 21.2 Å². The first-order valence-corrected chi connectivity index (χ1v) is 8.23. The van der Waals surface area contributed by atoms with Crippen molar-refractivity contribution in [1.82, 2.24) is 0 Å². The lowest BCUT2D eigenvalue weighted by Crippen LogP contribution is -2.32. The quantitative estimate of drug-likeness (QED) is 0.825. The molecule has 0 spiro atoms. The number of nitrogen functional groups attached to an aromatic ring is 1. The topological polar surface area (TPSA) is 81.4 Å². The predicted molar refractivity (Wildman–Crippen MR) is 76.0 cm³/mol. The van der Waals surface area contributed by atoms with Crippen LogP contribution in [0.2, 0.25) is 0 Å². The summed E-state index contributed by atoms with van der Waals surface area (Å²) in [6.07, 6.45) is 3.27. The van der Waals surface area contributed by atoms with Crippen molar-refractivity contribution < 1.29 is 13.2 Å². The molecule has 0 amide bonds. The average Bonchev–Trinajstić information content (AvgIpc) is 2.30. The van der Waals surface area contributed by atoms with E-state index in [1.807, 2.05) is 6.92 Å². The van der Waals surface area contributed by atoms with Gasteiger partial charge in [-0.05, 0) is 38.0 Å². The highest BCUT2D eigenvalue weighted by molar-refractivity contribution is 7.90. The van der Waals surface area contributed by atoms with Gasteiger partial charge in [-0.2, -0.15) is 0 Å². The Hall–Kier alpha value is -1.27. The largest absolute Gasteiger partial charge is 0.397 e. The molecule has 19 heavy (non-hydrogen) atoms. The van der Waals surface area contributed by atoms with E-state index in [2.05, 4.69) is 5.32 Å². The Morgan fingerprint density at radius 1 is 1.42 bits per heavy atom. The number of benzene rings is 1. The van der Waals surface area contributed by atoms with E-state index in [0.29, 0.717) is 11.7 Å². The standard InChI is InChI=1S/C13H20N2O3S/c1-9-7-10(5-6-18-9)15-13-4-3-11(8-12(13)14)19(2,16)17/h3-4,8-10,15H,5-7,14H2,1-2H3. The van der Waals surface area contributed by atoms with Crippen LogP contribution < -0.4 is 11.1 Å². The van der Waals surface area contributed by atoms with Crippen molar-refractivity contribution in [3.05, 3.63) is 18.2 Å². The van der Waals surface area contributed by atoms with Crippen molar-refractivity contribution in [2.24, 2.45) is 0 Å². The lowest BCUT2D eigenvalue weighted by atomic mass is 10.0. The number of rotatable bonds is 3. The molecule has 0 aliphatic carbocycles. The number of hydrogen-bond acceptors (Lipinski definition) is 5. The van der Waals surface area contributed by atoms with Crippen LogP contribution in [0.3, 0.4) is 0 Å². The molecule has 1 aliphatic rings. The molecule has 1 heterocycles. The highest BCUT2D eigenvalue weighted by Crippen LogP contribution is 2.25. The summed E-state index contributed by atoms with van der Waals surface area (Å²) >= 11 is 0. The third-order valence-corrected chi connectivity index (χ3v) is 4.41. The van der Waals surface area contributed by atoms with E-state index in [4.69, 9.17) is 10.5 Å². The summed E-state index contributed by atoms with van der Waals surface area (Å²) in [7, 11) is -3.21. The van der Waals surface area contributed by atoms with Gasteiger partial charge in [0.05, 0.1) is 22.4 Å². The molecule has 0 bridgehead atoms. The minimum Gasteiger partial charge on any atom is -0.397 e. The molecule has 0 aromatic heterocycles. The van der Waals surface area contributed by atoms with Gasteiger partial charge in [0.1, 0.15) is 0 Å². The Balaban J connectivity index is 2.13. The van der Waals surface area contributed by atoms with Gasteiger partial charge in [-0.1, -0.05) is 0 Å². The summed E-state index contributed by atoms with van der Waals surface area (Å²) in [4.78, 5) is 0.246. The predicted octanol–water partition coefficient (Wildman–Crippen LogP) is 1.65. The lowest BCUT2D eigenvalue weighted by molar-refractivity contribution is 0.0232. The van der Waals surface area contributed by atoms with Crippen molar-refractivity contribution in [1.29, 1.82) is 0 Å². The molecule has 0 radical (unpaired) electrons. The minimum atomic E-state index is -3.21.